The topological polar surface area (TPSA) is 140 Å². The number of hydrogen-bond acceptors (Lipinski definition) is 9. The van der Waals surface area contributed by atoms with Crippen molar-refractivity contribution in [1.82, 2.24) is 0 Å². The zero-order valence-electron chi connectivity index (χ0n) is 23.8. The molecule has 4 N–H and O–H groups in total. The number of unbranched alkanes of at least 4 members (excludes halogenated alkanes) is 5. The van der Waals surface area contributed by atoms with Crippen LogP contribution in [0.15, 0.2) is 72.8 Å². The van der Waals surface area contributed by atoms with Crippen molar-refractivity contribution in [3.8, 4) is 11.5 Å². The van der Waals surface area contributed by atoms with Gasteiger partial charge in [-0.2, -0.15) is 0 Å². The summed E-state index contributed by atoms with van der Waals surface area (Å²) < 4.78 is 56.2. The van der Waals surface area contributed by atoms with Crippen LogP contribution in [-0.4, -0.2) is 37.5 Å². The molecule has 0 heterocycles. The average Bonchev–Trinajstić information content (AvgIpc) is 2.96. The summed E-state index contributed by atoms with van der Waals surface area (Å²) in [4.78, 5) is 36.3. The second-order valence-corrected chi connectivity index (χ2v) is 9.68. The van der Waals surface area contributed by atoms with E-state index in [-0.39, 0.29) is 11.3 Å². The molecule has 0 fully saturated rings. The van der Waals surface area contributed by atoms with E-state index in [0.29, 0.717) is 35.7 Å². The van der Waals surface area contributed by atoms with Gasteiger partial charge in [-0.3, -0.25) is 0 Å². The molecule has 3 aromatic carbocycles. The summed E-state index contributed by atoms with van der Waals surface area (Å²) in [5.74, 6) is -1.92. The molecule has 3 rings (SSSR count). The first-order valence-corrected chi connectivity index (χ1v) is 13.8. The Bertz CT molecular complexity index is 1400. The Labute approximate surface area is 252 Å². The molecule has 0 spiro atoms. The molecular weight excluding hydrogens is 581 g/mol. The third-order valence-corrected chi connectivity index (χ3v) is 6.06. The van der Waals surface area contributed by atoms with E-state index in [9.17, 15) is 27.6 Å². The molecule has 12 heteroatoms. The van der Waals surface area contributed by atoms with Gasteiger partial charge in [0.05, 0.1) is 24.3 Å². The number of hydrogen-bond donors (Lipinski definition) is 2. The number of benzene rings is 3. The van der Waals surface area contributed by atoms with Gasteiger partial charge >= 0.3 is 24.3 Å². The van der Waals surface area contributed by atoms with Gasteiger partial charge in [0.2, 0.25) is 0 Å². The summed E-state index contributed by atoms with van der Waals surface area (Å²) in [7, 11) is 0. The van der Waals surface area contributed by atoms with Crippen molar-refractivity contribution in [1.29, 1.82) is 0 Å². The summed E-state index contributed by atoms with van der Waals surface area (Å²) in [5.41, 5.74) is 13.2. The molecule has 0 amide bonds. The molecule has 0 bridgehead atoms. The number of carbonyl (C=O) groups excluding carboxylic acids is 3. The summed E-state index contributed by atoms with van der Waals surface area (Å²) in [6, 6.07) is 15.3. The molecule has 3 aromatic rings. The maximum absolute atomic E-state index is 12.3. The fourth-order valence-corrected chi connectivity index (χ4v) is 3.94. The van der Waals surface area contributed by atoms with Crippen molar-refractivity contribution < 1.29 is 46.5 Å². The zero-order valence-corrected chi connectivity index (χ0v) is 23.8. The summed E-state index contributed by atoms with van der Waals surface area (Å²) in [6.45, 7) is 0.606. The van der Waals surface area contributed by atoms with Crippen LogP contribution in [-0.2, 0) is 14.3 Å². The van der Waals surface area contributed by atoms with Crippen molar-refractivity contribution in [2.75, 3.05) is 24.7 Å². The number of alkyl halides is 3. The number of ether oxygens (including phenoxy) is 4. The number of nitrogens with two attached hydrogens (primary N) is 2. The monoisotopic (exact) mass is 614 g/mol. The lowest BCUT2D eigenvalue weighted by atomic mass is 10.1. The molecule has 0 atom stereocenters. The van der Waals surface area contributed by atoms with Crippen LogP contribution in [0.25, 0.3) is 6.08 Å². The Morgan fingerprint density at radius 2 is 1.20 bits per heavy atom. The molecular formula is C32H33F3N2O7. The molecule has 0 radical (unpaired) electrons. The Hall–Kier alpha value is -5.00. The Morgan fingerprint density at radius 1 is 0.659 bits per heavy atom. The van der Waals surface area contributed by atoms with Gasteiger partial charge in [-0.15, -0.1) is 13.2 Å². The molecule has 0 aliphatic rings. The lowest BCUT2D eigenvalue weighted by Crippen LogP contribution is -2.17. The van der Waals surface area contributed by atoms with Crippen molar-refractivity contribution in [3.63, 3.8) is 0 Å². The molecule has 0 aromatic heterocycles. The molecule has 0 saturated carbocycles. The van der Waals surface area contributed by atoms with Gasteiger partial charge in [-0.25, -0.2) is 14.4 Å². The minimum absolute atomic E-state index is 0.0475. The molecule has 44 heavy (non-hydrogen) atoms. The first-order valence-electron chi connectivity index (χ1n) is 13.8. The van der Waals surface area contributed by atoms with Crippen molar-refractivity contribution in [2.24, 2.45) is 0 Å². The largest absolute Gasteiger partial charge is 0.573 e. The van der Waals surface area contributed by atoms with Crippen LogP contribution >= 0.6 is 0 Å². The minimum atomic E-state index is -4.82. The van der Waals surface area contributed by atoms with Gasteiger partial charge in [0.1, 0.15) is 11.5 Å². The third-order valence-electron chi connectivity index (χ3n) is 6.06. The maximum atomic E-state index is 12.3. The Kier molecular flexibility index (Phi) is 12.6. The highest BCUT2D eigenvalue weighted by Crippen LogP contribution is 2.23. The van der Waals surface area contributed by atoms with Gasteiger partial charge in [0.25, 0.3) is 0 Å². The first kappa shape index (κ1) is 33.5. The number of esters is 3. The van der Waals surface area contributed by atoms with Gasteiger partial charge in [0, 0.05) is 17.5 Å². The van der Waals surface area contributed by atoms with E-state index < -0.39 is 30.0 Å². The number of nitrogen functional groups attached to an aromatic ring is 2. The normalized spacial score (nSPS) is 11.2. The van der Waals surface area contributed by atoms with Crippen LogP contribution in [0, 0.1) is 0 Å². The van der Waals surface area contributed by atoms with E-state index in [1.165, 1.54) is 30.3 Å². The van der Waals surface area contributed by atoms with Gasteiger partial charge in [0.15, 0.2) is 0 Å². The summed E-state index contributed by atoms with van der Waals surface area (Å²) in [6.07, 6.45) is 3.22. The standard InChI is InChI=1S/C32H33F3N2O7/c33-32(34,35)44-28-14-10-23(11-15-28)31(40)43-27-12-7-22(8-13-27)9-16-29(38)41-17-5-3-1-2-4-6-18-42-30(39)24-19-25(36)21-26(37)20-24/h7-16,19-21H,1-6,17-18,36-37H2/b16-9+. The predicted octanol–water partition coefficient (Wildman–Crippen LogP) is 6.72. The van der Waals surface area contributed by atoms with E-state index in [4.69, 9.17) is 25.7 Å². The third kappa shape index (κ3) is 12.5. The van der Waals surface area contributed by atoms with Gasteiger partial charge < -0.3 is 30.4 Å². The Morgan fingerprint density at radius 3 is 1.80 bits per heavy atom. The molecule has 0 saturated heterocycles. The smallest absolute Gasteiger partial charge is 0.463 e. The van der Waals surface area contributed by atoms with Crippen molar-refractivity contribution in [3.05, 3.63) is 89.5 Å². The van der Waals surface area contributed by atoms with Crippen LogP contribution in [0.2, 0.25) is 0 Å². The Balaban J connectivity index is 1.24. The first-order chi connectivity index (χ1) is 21.0. The van der Waals surface area contributed by atoms with E-state index in [2.05, 4.69) is 4.74 Å². The van der Waals surface area contributed by atoms with E-state index in [1.807, 2.05) is 0 Å². The second kappa shape index (κ2) is 16.6. The molecule has 234 valence electrons. The number of halogens is 3. The van der Waals surface area contributed by atoms with E-state index in [0.717, 1.165) is 62.8 Å². The van der Waals surface area contributed by atoms with Gasteiger partial charge in [-0.05, 0) is 79.1 Å². The highest BCUT2D eigenvalue weighted by molar-refractivity contribution is 5.92. The van der Waals surface area contributed by atoms with Crippen molar-refractivity contribution in [2.45, 2.75) is 44.9 Å². The van der Waals surface area contributed by atoms with Crippen LogP contribution in [0.3, 0.4) is 0 Å². The quantitative estimate of drug-likeness (QED) is 0.0627. The van der Waals surface area contributed by atoms with E-state index >= 15 is 0 Å². The van der Waals surface area contributed by atoms with Crippen LogP contribution in [0.4, 0.5) is 24.5 Å². The maximum Gasteiger partial charge on any atom is 0.573 e. The fraction of sp³-hybridized carbons (Fsp3) is 0.281. The number of carbonyl (C=O) groups is 3. The molecule has 0 aliphatic carbocycles. The highest BCUT2D eigenvalue weighted by Gasteiger charge is 2.31. The van der Waals surface area contributed by atoms with Crippen molar-refractivity contribution >= 4 is 35.4 Å². The SMILES string of the molecule is Nc1cc(N)cc(C(=O)OCCCCCCCCOC(=O)/C=C/c2ccc(OC(=O)c3ccc(OC(F)(F)F)cc3)cc2)c1. The minimum Gasteiger partial charge on any atom is -0.463 e. The molecule has 9 nitrogen and oxygen atoms in total. The summed E-state index contributed by atoms with van der Waals surface area (Å²) in [5, 5.41) is 0. The lowest BCUT2D eigenvalue weighted by Gasteiger charge is -2.09. The molecule has 0 aliphatic heterocycles. The van der Waals surface area contributed by atoms with Gasteiger partial charge in [-0.1, -0.05) is 37.8 Å². The average molecular weight is 615 g/mol. The molecule has 0 unspecified atom stereocenters. The van der Waals surface area contributed by atoms with Crippen LogP contribution in [0.1, 0.15) is 64.8 Å². The number of rotatable bonds is 15. The van der Waals surface area contributed by atoms with Crippen LogP contribution < -0.4 is 20.9 Å². The van der Waals surface area contributed by atoms with Crippen LogP contribution in [0.5, 0.6) is 11.5 Å². The lowest BCUT2D eigenvalue weighted by molar-refractivity contribution is -0.274. The second-order valence-electron chi connectivity index (χ2n) is 9.68. The fourth-order valence-electron chi connectivity index (χ4n) is 3.94. The number of anilines is 2. The zero-order chi connectivity index (χ0) is 32.0. The predicted molar refractivity (Wildman–Crippen MR) is 158 cm³/mol. The summed E-state index contributed by atoms with van der Waals surface area (Å²) >= 11 is 0. The van der Waals surface area contributed by atoms with E-state index in [1.54, 1.807) is 24.3 Å². The highest BCUT2D eigenvalue weighted by atomic mass is 19.4.